The highest BCUT2D eigenvalue weighted by molar-refractivity contribution is 6.10. The molecule has 27 heavy (non-hydrogen) atoms. The van der Waals surface area contributed by atoms with Gasteiger partial charge in [0.15, 0.2) is 11.4 Å². The van der Waals surface area contributed by atoms with Crippen molar-refractivity contribution in [2.75, 3.05) is 7.11 Å². The molecule has 0 aliphatic heterocycles. The van der Waals surface area contributed by atoms with Crippen LogP contribution in [0, 0.1) is 0 Å². The van der Waals surface area contributed by atoms with Crippen LogP contribution in [-0.4, -0.2) is 23.8 Å². The lowest BCUT2D eigenvalue weighted by molar-refractivity contribution is 0.0601. The maximum Gasteiger partial charge on any atom is 0.338 e. The molecule has 0 bridgehead atoms. The van der Waals surface area contributed by atoms with Gasteiger partial charge in [-0.15, -0.1) is 0 Å². The summed E-state index contributed by atoms with van der Waals surface area (Å²) in [5, 5.41) is 0. The third-order valence-electron chi connectivity index (χ3n) is 4.25. The molecule has 4 rings (SSSR count). The Labute approximate surface area is 155 Å². The molecule has 0 spiro atoms. The van der Waals surface area contributed by atoms with E-state index in [9.17, 15) is 9.59 Å². The topological polar surface area (TPSA) is 69.4 Å². The second-order valence-corrected chi connectivity index (χ2v) is 5.93. The minimum Gasteiger partial charge on any atom is -0.465 e. The third-order valence-corrected chi connectivity index (χ3v) is 4.25. The predicted octanol–water partition coefficient (Wildman–Crippen LogP) is 4.51. The lowest BCUT2D eigenvalue weighted by Gasteiger charge is -2.03. The molecule has 132 valence electrons. The number of ketones is 1. The summed E-state index contributed by atoms with van der Waals surface area (Å²) >= 11 is 0. The van der Waals surface area contributed by atoms with Crippen molar-refractivity contribution in [2.45, 2.75) is 0 Å². The van der Waals surface area contributed by atoms with Crippen LogP contribution in [0.25, 0.3) is 22.6 Å². The van der Waals surface area contributed by atoms with Crippen LogP contribution in [0.2, 0.25) is 0 Å². The van der Waals surface area contributed by atoms with Gasteiger partial charge < -0.3 is 9.15 Å². The molecule has 5 nitrogen and oxygen atoms in total. The number of hydrogen-bond acceptors (Lipinski definition) is 5. The third kappa shape index (κ3) is 3.11. The van der Waals surface area contributed by atoms with Crippen LogP contribution in [0.3, 0.4) is 0 Å². The second-order valence-electron chi connectivity index (χ2n) is 5.93. The molecule has 0 saturated heterocycles. The van der Waals surface area contributed by atoms with E-state index in [2.05, 4.69) is 4.98 Å². The number of carbonyl (C=O) groups excluding carboxylic acids is 2. The molecule has 0 aliphatic rings. The summed E-state index contributed by atoms with van der Waals surface area (Å²) in [6, 6.07) is 21.1. The summed E-state index contributed by atoms with van der Waals surface area (Å²) in [6.07, 6.45) is 0. The van der Waals surface area contributed by atoms with Gasteiger partial charge in [0, 0.05) is 11.1 Å². The Balaban J connectivity index is 1.77. The van der Waals surface area contributed by atoms with Crippen LogP contribution in [0.4, 0.5) is 0 Å². The molecule has 0 fully saturated rings. The van der Waals surface area contributed by atoms with E-state index in [1.54, 1.807) is 54.6 Å². The molecule has 0 atom stereocenters. The van der Waals surface area contributed by atoms with E-state index in [4.69, 9.17) is 9.15 Å². The van der Waals surface area contributed by atoms with Crippen molar-refractivity contribution >= 4 is 22.9 Å². The largest absolute Gasteiger partial charge is 0.465 e. The number of methoxy groups -OCH3 is 1. The zero-order chi connectivity index (χ0) is 18.8. The summed E-state index contributed by atoms with van der Waals surface area (Å²) in [4.78, 5) is 29.1. The smallest absolute Gasteiger partial charge is 0.338 e. The summed E-state index contributed by atoms with van der Waals surface area (Å²) in [5.41, 5.74) is 3.12. The minimum absolute atomic E-state index is 0.0861. The van der Waals surface area contributed by atoms with Gasteiger partial charge in [0.2, 0.25) is 5.89 Å². The average Bonchev–Trinajstić information content (AvgIpc) is 3.16. The van der Waals surface area contributed by atoms with E-state index >= 15 is 0 Å². The van der Waals surface area contributed by atoms with E-state index in [1.807, 2.05) is 18.2 Å². The number of rotatable bonds is 4. The Hall–Kier alpha value is -3.73. The highest BCUT2D eigenvalue weighted by Crippen LogP contribution is 2.28. The summed E-state index contributed by atoms with van der Waals surface area (Å²) in [6.45, 7) is 0. The molecular weight excluding hydrogens is 342 g/mol. The molecule has 0 aliphatic carbocycles. The molecule has 1 aromatic heterocycles. The summed E-state index contributed by atoms with van der Waals surface area (Å²) in [7, 11) is 1.33. The fraction of sp³-hybridized carbons (Fsp3) is 0.0455. The van der Waals surface area contributed by atoms with Gasteiger partial charge in [-0.25, -0.2) is 9.78 Å². The highest BCUT2D eigenvalue weighted by Gasteiger charge is 2.18. The van der Waals surface area contributed by atoms with Crippen molar-refractivity contribution < 1.29 is 18.7 Å². The van der Waals surface area contributed by atoms with Gasteiger partial charge in [-0.2, -0.15) is 0 Å². The number of fused-ring (bicyclic) bond motifs is 1. The van der Waals surface area contributed by atoms with Crippen molar-refractivity contribution in [3.8, 4) is 11.5 Å². The predicted molar refractivity (Wildman–Crippen MR) is 101 cm³/mol. The number of esters is 1. The first-order valence-corrected chi connectivity index (χ1v) is 8.35. The van der Waals surface area contributed by atoms with Crippen LogP contribution in [-0.2, 0) is 4.74 Å². The number of benzene rings is 3. The monoisotopic (exact) mass is 357 g/mol. The number of ether oxygens (including phenoxy) is 1. The summed E-state index contributed by atoms with van der Waals surface area (Å²) in [5.74, 6) is -0.250. The van der Waals surface area contributed by atoms with Crippen molar-refractivity contribution in [3.63, 3.8) is 0 Å². The lowest BCUT2D eigenvalue weighted by atomic mass is 10.0. The Morgan fingerprint density at radius 2 is 1.63 bits per heavy atom. The van der Waals surface area contributed by atoms with Gasteiger partial charge >= 0.3 is 5.97 Å². The Morgan fingerprint density at radius 1 is 0.889 bits per heavy atom. The fourth-order valence-electron chi connectivity index (χ4n) is 2.90. The number of nitrogens with zero attached hydrogens (tertiary/aromatic N) is 1. The molecule has 0 N–H and O–H groups in total. The van der Waals surface area contributed by atoms with E-state index in [0.29, 0.717) is 39.2 Å². The van der Waals surface area contributed by atoms with E-state index in [1.165, 1.54) is 7.11 Å². The van der Waals surface area contributed by atoms with Gasteiger partial charge in [-0.3, -0.25) is 4.79 Å². The van der Waals surface area contributed by atoms with Gasteiger partial charge in [0.05, 0.1) is 18.2 Å². The lowest BCUT2D eigenvalue weighted by Crippen LogP contribution is -2.03. The molecule has 5 heteroatoms. The molecule has 0 saturated carbocycles. The SMILES string of the molecule is COC(=O)c1ccccc1-c1nc2cc(C(=O)c3ccccc3)ccc2o1. The van der Waals surface area contributed by atoms with E-state index in [0.717, 1.165) is 0 Å². The second kappa shape index (κ2) is 6.88. The Bertz CT molecular complexity index is 1150. The Morgan fingerprint density at radius 3 is 2.41 bits per heavy atom. The Kier molecular flexibility index (Phi) is 4.26. The van der Waals surface area contributed by atoms with Crippen LogP contribution < -0.4 is 0 Å². The number of hydrogen-bond donors (Lipinski definition) is 0. The standard InChI is InChI=1S/C22H15NO4/c1-26-22(25)17-10-6-5-9-16(17)21-23-18-13-15(11-12-19(18)27-21)20(24)14-7-3-2-4-8-14/h2-13H,1H3. The van der Waals surface area contributed by atoms with Crippen LogP contribution in [0.1, 0.15) is 26.3 Å². The molecule has 3 aromatic carbocycles. The average molecular weight is 357 g/mol. The fourth-order valence-corrected chi connectivity index (χ4v) is 2.90. The van der Waals surface area contributed by atoms with E-state index in [-0.39, 0.29) is 5.78 Å². The van der Waals surface area contributed by atoms with Crippen LogP contribution in [0.5, 0.6) is 0 Å². The minimum atomic E-state index is -0.465. The van der Waals surface area contributed by atoms with Crippen LogP contribution >= 0.6 is 0 Å². The summed E-state index contributed by atoms with van der Waals surface area (Å²) < 4.78 is 10.6. The first-order valence-electron chi connectivity index (χ1n) is 8.35. The van der Waals surface area contributed by atoms with E-state index < -0.39 is 5.97 Å². The molecule has 0 radical (unpaired) electrons. The van der Waals surface area contributed by atoms with Gasteiger partial charge in [0.25, 0.3) is 0 Å². The van der Waals surface area contributed by atoms with Crippen molar-refractivity contribution in [2.24, 2.45) is 0 Å². The maximum absolute atomic E-state index is 12.6. The number of carbonyl (C=O) groups is 2. The van der Waals surface area contributed by atoms with Gasteiger partial charge in [-0.1, -0.05) is 42.5 Å². The number of oxazole rings is 1. The number of aromatic nitrogens is 1. The normalized spacial score (nSPS) is 10.7. The zero-order valence-electron chi connectivity index (χ0n) is 14.5. The first kappa shape index (κ1) is 16.7. The van der Waals surface area contributed by atoms with Gasteiger partial charge in [-0.05, 0) is 30.3 Å². The highest BCUT2D eigenvalue weighted by atomic mass is 16.5. The molecule has 0 unspecified atom stereocenters. The van der Waals surface area contributed by atoms with Gasteiger partial charge in [0.1, 0.15) is 5.52 Å². The maximum atomic E-state index is 12.6. The molecular formula is C22H15NO4. The van der Waals surface area contributed by atoms with Crippen molar-refractivity contribution in [3.05, 3.63) is 89.5 Å². The zero-order valence-corrected chi connectivity index (χ0v) is 14.5. The van der Waals surface area contributed by atoms with Crippen molar-refractivity contribution in [1.29, 1.82) is 0 Å². The molecule has 0 amide bonds. The molecule has 4 aromatic rings. The first-order chi connectivity index (χ1) is 13.2. The van der Waals surface area contributed by atoms with Crippen molar-refractivity contribution in [1.82, 2.24) is 4.98 Å². The quantitative estimate of drug-likeness (QED) is 0.397. The molecule has 1 heterocycles. The van der Waals surface area contributed by atoms with Crippen LogP contribution in [0.15, 0.2) is 77.2 Å².